The van der Waals surface area contributed by atoms with Gasteiger partial charge in [0.05, 0.1) is 17.1 Å². The van der Waals surface area contributed by atoms with E-state index >= 15 is 0 Å². The summed E-state index contributed by atoms with van der Waals surface area (Å²) in [5, 5.41) is 3.47. The molecule has 2 aliphatic rings. The molecule has 2 unspecified atom stereocenters. The molecule has 4 nitrogen and oxygen atoms in total. The molecule has 2 heterocycles. The smallest absolute Gasteiger partial charge is 0.209 e. The number of hydrogen-bond acceptors (Lipinski definition) is 3. The molecule has 1 aliphatic heterocycles. The highest BCUT2D eigenvalue weighted by atomic mass is 19.1. The Morgan fingerprint density at radius 2 is 1.61 bits per heavy atom. The number of ketones is 1. The topological polar surface area (TPSA) is 46.9 Å². The monoisotopic (exact) mass is 409 g/mol. The molecule has 0 spiro atoms. The maximum Gasteiger partial charge on any atom is 0.209 e. The summed E-state index contributed by atoms with van der Waals surface area (Å²) in [6.07, 6.45) is 1.11. The first-order valence-electron chi connectivity index (χ1n) is 10.5. The van der Waals surface area contributed by atoms with Gasteiger partial charge in [-0.25, -0.2) is 9.37 Å². The van der Waals surface area contributed by atoms with E-state index in [-0.39, 0.29) is 23.6 Å². The van der Waals surface area contributed by atoms with Crippen LogP contribution in [0.4, 0.5) is 10.3 Å². The lowest BCUT2D eigenvalue weighted by Crippen LogP contribution is -2.33. The molecule has 152 valence electrons. The van der Waals surface area contributed by atoms with Gasteiger partial charge in [0.1, 0.15) is 5.82 Å². The van der Waals surface area contributed by atoms with E-state index in [0.717, 1.165) is 39.4 Å². The van der Waals surface area contributed by atoms with Crippen molar-refractivity contribution in [3.63, 3.8) is 0 Å². The third kappa shape index (κ3) is 2.88. The zero-order chi connectivity index (χ0) is 20.9. The lowest BCUT2D eigenvalue weighted by atomic mass is 9.77. The predicted octanol–water partition coefficient (Wildman–Crippen LogP) is 5.59. The van der Waals surface area contributed by atoms with Crippen molar-refractivity contribution in [2.24, 2.45) is 0 Å². The first kappa shape index (κ1) is 18.1. The molecular weight excluding hydrogens is 389 g/mol. The quantitative estimate of drug-likeness (QED) is 0.469. The molecule has 0 radical (unpaired) electrons. The fourth-order valence-corrected chi connectivity index (χ4v) is 4.95. The summed E-state index contributed by atoms with van der Waals surface area (Å²) >= 11 is 0. The molecule has 0 fully saturated rings. The van der Waals surface area contributed by atoms with Crippen molar-refractivity contribution in [2.45, 2.75) is 24.8 Å². The van der Waals surface area contributed by atoms with Crippen LogP contribution in [0.1, 0.15) is 35.9 Å². The van der Waals surface area contributed by atoms with Crippen LogP contribution in [0, 0.1) is 5.82 Å². The van der Waals surface area contributed by atoms with Crippen molar-refractivity contribution < 1.29 is 9.18 Å². The Hall–Kier alpha value is -3.73. The average Bonchev–Trinajstić information content (AvgIpc) is 3.16. The molecule has 0 saturated heterocycles. The number of Topliss-reactive ketones (excluding diaryl/α,β-unsaturated/α-hetero) is 1. The number of allylic oxidation sites excluding steroid dienone is 2. The van der Waals surface area contributed by atoms with E-state index < -0.39 is 0 Å². The number of fused-ring (bicyclic) bond motifs is 3. The highest BCUT2D eigenvalue weighted by molar-refractivity contribution is 6.01. The molecule has 31 heavy (non-hydrogen) atoms. The molecule has 0 amide bonds. The van der Waals surface area contributed by atoms with Gasteiger partial charge in [-0.3, -0.25) is 9.36 Å². The Kier molecular flexibility index (Phi) is 4.03. The second-order valence-electron chi connectivity index (χ2n) is 8.20. The fourth-order valence-electron chi connectivity index (χ4n) is 4.95. The van der Waals surface area contributed by atoms with Gasteiger partial charge in [-0.2, -0.15) is 0 Å². The summed E-state index contributed by atoms with van der Waals surface area (Å²) in [4.78, 5) is 18.3. The molecule has 5 heteroatoms. The van der Waals surface area contributed by atoms with Crippen LogP contribution >= 0.6 is 0 Å². The summed E-state index contributed by atoms with van der Waals surface area (Å²) in [5.41, 5.74) is 5.67. The Labute approximate surface area is 179 Å². The molecule has 4 aromatic rings. The van der Waals surface area contributed by atoms with Gasteiger partial charge in [-0.1, -0.05) is 54.6 Å². The number of carbonyl (C=O) groups excluding carboxylic acids is 1. The molecular formula is C26H20FN3O. The molecule has 1 N–H and O–H groups in total. The fraction of sp³-hybridized carbons (Fsp3) is 0.154. The minimum absolute atomic E-state index is 0.0201. The number of aromatic nitrogens is 2. The summed E-state index contributed by atoms with van der Waals surface area (Å²) in [7, 11) is 0. The number of nitrogens with zero attached hydrogens (tertiary/aromatic N) is 2. The van der Waals surface area contributed by atoms with Gasteiger partial charge in [0.25, 0.3) is 0 Å². The Balaban J connectivity index is 1.51. The normalized spacial score (nSPS) is 20.4. The Bertz CT molecular complexity index is 1340. The number of nitrogens with one attached hydrogen (secondary N) is 1. The summed E-state index contributed by atoms with van der Waals surface area (Å²) in [6.45, 7) is 0. The van der Waals surface area contributed by atoms with Crippen molar-refractivity contribution >= 4 is 22.8 Å². The van der Waals surface area contributed by atoms with Crippen LogP contribution in [0.3, 0.4) is 0 Å². The lowest BCUT2D eigenvalue weighted by Gasteiger charge is -2.36. The number of rotatable bonds is 2. The minimum Gasteiger partial charge on any atom is -0.329 e. The van der Waals surface area contributed by atoms with Crippen molar-refractivity contribution in [3.05, 3.63) is 107 Å². The second kappa shape index (κ2) is 6.91. The van der Waals surface area contributed by atoms with E-state index in [2.05, 4.69) is 22.0 Å². The molecule has 3 aromatic carbocycles. The number of halogens is 1. The van der Waals surface area contributed by atoms with E-state index in [4.69, 9.17) is 4.98 Å². The van der Waals surface area contributed by atoms with Crippen LogP contribution in [0.25, 0.3) is 11.0 Å². The number of benzene rings is 3. The van der Waals surface area contributed by atoms with E-state index in [9.17, 15) is 9.18 Å². The minimum atomic E-state index is -0.264. The van der Waals surface area contributed by atoms with E-state index in [0.29, 0.717) is 12.8 Å². The zero-order valence-electron chi connectivity index (χ0n) is 16.8. The van der Waals surface area contributed by atoms with Crippen molar-refractivity contribution in [1.82, 2.24) is 9.55 Å². The van der Waals surface area contributed by atoms with Gasteiger partial charge < -0.3 is 5.32 Å². The van der Waals surface area contributed by atoms with Crippen LogP contribution in [0.15, 0.2) is 90.1 Å². The van der Waals surface area contributed by atoms with E-state index in [1.807, 2.05) is 42.5 Å². The van der Waals surface area contributed by atoms with Gasteiger partial charge in [0, 0.05) is 17.7 Å². The van der Waals surface area contributed by atoms with Crippen LogP contribution in [-0.2, 0) is 4.79 Å². The van der Waals surface area contributed by atoms with E-state index in [1.165, 1.54) is 12.1 Å². The van der Waals surface area contributed by atoms with Gasteiger partial charge >= 0.3 is 0 Å². The zero-order valence-corrected chi connectivity index (χ0v) is 16.8. The van der Waals surface area contributed by atoms with Crippen molar-refractivity contribution in [3.8, 4) is 0 Å². The molecule has 0 bridgehead atoms. The summed E-state index contributed by atoms with van der Waals surface area (Å²) in [6, 6.07) is 24.4. The van der Waals surface area contributed by atoms with Crippen molar-refractivity contribution in [1.29, 1.82) is 0 Å². The first-order valence-corrected chi connectivity index (χ1v) is 10.5. The number of anilines is 1. The second-order valence-corrected chi connectivity index (χ2v) is 8.20. The number of carbonyl (C=O) groups is 1. The number of para-hydroxylation sites is 2. The highest BCUT2D eigenvalue weighted by Gasteiger charge is 2.39. The molecule has 2 atom stereocenters. The Morgan fingerprint density at radius 3 is 2.42 bits per heavy atom. The average molecular weight is 409 g/mol. The predicted molar refractivity (Wildman–Crippen MR) is 118 cm³/mol. The largest absolute Gasteiger partial charge is 0.329 e. The third-order valence-corrected chi connectivity index (χ3v) is 6.35. The Morgan fingerprint density at radius 1 is 0.871 bits per heavy atom. The van der Waals surface area contributed by atoms with Crippen molar-refractivity contribution in [2.75, 3.05) is 5.32 Å². The lowest BCUT2D eigenvalue weighted by molar-refractivity contribution is -0.116. The van der Waals surface area contributed by atoms with Crippen LogP contribution in [0.5, 0.6) is 0 Å². The van der Waals surface area contributed by atoms with Crippen LogP contribution < -0.4 is 5.32 Å². The number of hydrogen-bond donors (Lipinski definition) is 1. The molecule has 1 aliphatic carbocycles. The molecule has 6 rings (SSSR count). The first-order chi connectivity index (χ1) is 15.2. The number of imidazole rings is 1. The maximum atomic E-state index is 13.5. The van der Waals surface area contributed by atoms with Gasteiger partial charge in [0.2, 0.25) is 5.95 Å². The maximum absolute atomic E-state index is 13.5. The SMILES string of the molecule is O=C1CC(c2ccc(F)cc2)CC2=C1C(c1ccccc1)n1c(nc3ccccc31)N2. The van der Waals surface area contributed by atoms with Gasteiger partial charge in [0.15, 0.2) is 5.78 Å². The summed E-state index contributed by atoms with van der Waals surface area (Å²) in [5.74, 6) is 0.632. The van der Waals surface area contributed by atoms with Gasteiger partial charge in [-0.05, 0) is 47.7 Å². The standard InChI is InChI=1S/C26H20FN3O/c27-19-12-10-16(11-13-19)18-14-21-24(23(31)15-18)25(17-6-2-1-3-7-17)30-22-9-5-4-8-20(22)28-26(30)29-21/h1-13,18,25H,14-15H2,(H,28,29). The summed E-state index contributed by atoms with van der Waals surface area (Å²) < 4.78 is 15.5. The van der Waals surface area contributed by atoms with Crippen LogP contribution in [-0.4, -0.2) is 15.3 Å². The molecule has 1 aromatic heterocycles. The van der Waals surface area contributed by atoms with Crippen LogP contribution in [0.2, 0.25) is 0 Å². The van der Waals surface area contributed by atoms with Gasteiger partial charge in [-0.15, -0.1) is 0 Å². The van der Waals surface area contributed by atoms with E-state index in [1.54, 1.807) is 12.1 Å². The molecule has 0 saturated carbocycles. The highest BCUT2D eigenvalue weighted by Crippen LogP contribution is 2.45. The third-order valence-electron chi connectivity index (χ3n) is 6.35.